The summed E-state index contributed by atoms with van der Waals surface area (Å²) in [5.41, 5.74) is 1.30. The molecule has 5 nitrogen and oxygen atoms in total. The van der Waals surface area contributed by atoms with Crippen LogP contribution in [0.5, 0.6) is 5.75 Å². The molecule has 1 amide bonds. The van der Waals surface area contributed by atoms with Gasteiger partial charge in [-0.25, -0.2) is 0 Å². The molecule has 0 heterocycles. The van der Waals surface area contributed by atoms with Gasteiger partial charge in [0.2, 0.25) is 5.91 Å². The lowest BCUT2D eigenvalue weighted by Gasteiger charge is -2.22. The topological polar surface area (TPSA) is 78.8 Å². The molecule has 0 aromatic heterocycles. The van der Waals surface area contributed by atoms with E-state index in [0.29, 0.717) is 11.4 Å². The Bertz CT molecular complexity index is 469. The van der Waals surface area contributed by atoms with Crippen molar-refractivity contribution < 1.29 is 19.7 Å². The molecule has 0 aliphatic rings. The van der Waals surface area contributed by atoms with Gasteiger partial charge in [-0.15, -0.1) is 0 Å². The van der Waals surface area contributed by atoms with E-state index in [1.54, 1.807) is 6.07 Å². The highest BCUT2D eigenvalue weighted by atomic mass is 16.5. The average molecular weight is 267 g/mol. The number of ether oxygens (including phenoxy) is 1. The summed E-state index contributed by atoms with van der Waals surface area (Å²) in [4.78, 5) is 11.2. The van der Waals surface area contributed by atoms with Crippen molar-refractivity contribution in [1.82, 2.24) is 0 Å². The van der Waals surface area contributed by atoms with Gasteiger partial charge in [0.25, 0.3) is 0 Å². The Morgan fingerprint density at radius 2 is 1.95 bits per heavy atom. The zero-order valence-corrected chi connectivity index (χ0v) is 11.8. The zero-order valence-electron chi connectivity index (χ0n) is 11.8. The Hall–Kier alpha value is -1.59. The molecule has 0 aliphatic heterocycles. The minimum Gasteiger partial charge on any atom is -0.488 e. The average Bonchev–Trinajstić information content (AvgIpc) is 2.31. The van der Waals surface area contributed by atoms with E-state index >= 15 is 0 Å². The highest BCUT2D eigenvalue weighted by Crippen LogP contribution is 2.29. The molecule has 5 heteroatoms. The van der Waals surface area contributed by atoms with E-state index in [2.05, 4.69) is 5.32 Å². The van der Waals surface area contributed by atoms with Crippen molar-refractivity contribution >= 4 is 11.6 Å². The van der Waals surface area contributed by atoms with Crippen molar-refractivity contribution in [3.63, 3.8) is 0 Å². The molecule has 1 rings (SSSR count). The Morgan fingerprint density at radius 1 is 1.37 bits per heavy atom. The highest BCUT2D eigenvalue weighted by molar-refractivity contribution is 5.90. The molecule has 1 aromatic rings. The summed E-state index contributed by atoms with van der Waals surface area (Å²) in [5.74, 6) is 0.286. The molecule has 3 N–H and O–H groups in total. The lowest BCUT2D eigenvalue weighted by molar-refractivity contribution is -0.114. The van der Waals surface area contributed by atoms with Gasteiger partial charge in [0.15, 0.2) is 0 Å². The van der Waals surface area contributed by atoms with E-state index in [1.807, 2.05) is 19.9 Å². The van der Waals surface area contributed by atoms with Gasteiger partial charge in [-0.05, 0) is 44.0 Å². The number of benzene rings is 1. The van der Waals surface area contributed by atoms with Crippen LogP contribution < -0.4 is 10.1 Å². The molecule has 19 heavy (non-hydrogen) atoms. The number of carbonyl (C=O) groups excluding carboxylic acids is 1. The Balaban J connectivity index is 2.97. The molecule has 0 spiro atoms. The van der Waals surface area contributed by atoms with Crippen LogP contribution in [0, 0.1) is 13.8 Å². The van der Waals surface area contributed by atoms with Gasteiger partial charge in [-0.1, -0.05) is 0 Å². The number of aliphatic hydroxyl groups excluding tert-OH is 1. The second kappa shape index (κ2) is 6.04. The first-order valence-corrected chi connectivity index (χ1v) is 6.10. The third-order valence-corrected chi connectivity index (χ3v) is 2.79. The Morgan fingerprint density at radius 3 is 2.47 bits per heavy atom. The molecule has 106 valence electrons. The first kappa shape index (κ1) is 15.5. The van der Waals surface area contributed by atoms with Gasteiger partial charge in [0, 0.05) is 6.92 Å². The summed E-state index contributed by atoms with van der Waals surface area (Å²) in [6, 6.07) is 3.62. The summed E-state index contributed by atoms with van der Waals surface area (Å²) in [6.45, 7) is 6.32. The number of carbonyl (C=O) groups is 1. The molecule has 1 atom stereocenters. The molecular formula is C14H21NO4. The quantitative estimate of drug-likeness (QED) is 0.753. The predicted molar refractivity (Wildman–Crippen MR) is 73.4 cm³/mol. The third-order valence-electron chi connectivity index (χ3n) is 2.79. The second-order valence-corrected chi connectivity index (χ2v) is 5.06. The van der Waals surface area contributed by atoms with Gasteiger partial charge in [0.1, 0.15) is 18.0 Å². The van der Waals surface area contributed by atoms with Gasteiger partial charge in [-0.2, -0.15) is 0 Å². The number of rotatable bonds is 5. The van der Waals surface area contributed by atoms with Gasteiger partial charge < -0.3 is 20.3 Å². The first-order valence-electron chi connectivity index (χ1n) is 6.10. The molecule has 0 saturated carbocycles. The summed E-state index contributed by atoms with van der Waals surface area (Å²) in [6.07, 6.45) is 0. The van der Waals surface area contributed by atoms with Crippen molar-refractivity contribution in [1.29, 1.82) is 0 Å². The van der Waals surface area contributed by atoms with Crippen LogP contribution in [0.4, 0.5) is 5.69 Å². The maximum absolute atomic E-state index is 11.2. The fourth-order valence-electron chi connectivity index (χ4n) is 1.48. The fraction of sp³-hybridized carbons (Fsp3) is 0.500. The van der Waals surface area contributed by atoms with E-state index in [1.165, 1.54) is 13.8 Å². The van der Waals surface area contributed by atoms with Crippen molar-refractivity contribution in [2.24, 2.45) is 0 Å². The molecule has 0 radical (unpaired) electrons. The van der Waals surface area contributed by atoms with Crippen LogP contribution in [0.25, 0.3) is 0 Å². The second-order valence-electron chi connectivity index (χ2n) is 5.06. The number of hydrogen-bond donors (Lipinski definition) is 3. The van der Waals surface area contributed by atoms with Crippen molar-refractivity contribution in [3.8, 4) is 5.75 Å². The van der Waals surface area contributed by atoms with Crippen LogP contribution in [0.3, 0.4) is 0 Å². The first-order chi connectivity index (χ1) is 8.75. The van der Waals surface area contributed by atoms with Crippen LogP contribution in [0.2, 0.25) is 0 Å². The van der Waals surface area contributed by atoms with E-state index in [-0.39, 0.29) is 12.5 Å². The number of hydrogen-bond acceptors (Lipinski definition) is 4. The Labute approximate surface area is 113 Å². The summed E-state index contributed by atoms with van der Waals surface area (Å²) < 4.78 is 5.50. The lowest BCUT2D eigenvalue weighted by Crippen LogP contribution is -2.36. The highest BCUT2D eigenvalue weighted by Gasteiger charge is 2.21. The van der Waals surface area contributed by atoms with Crippen LogP contribution in [0.15, 0.2) is 12.1 Å². The SMILES string of the molecule is CC(=O)Nc1cc(C)c(C)cc1OCC(C)(O)CO. The minimum absolute atomic E-state index is 0.0570. The predicted octanol–water partition coefficient (Wildman–Crippen LogP) is 1.38. The molecule has 0 aliphatic carbocycles. The van der Waals surface area contributed by atoms with Crippen LogP contribution in [-0.4, -0.2) is 34.9 Å². The summed E-state index contributed by atoms with van der Waals surface area (Å²) >= 11 is 0. The summed E-state index contributed by atoms with van der Waals surface area (Å²) in [7, 11) is 0. The maximum Gasteiger partial charge on any atom is 0.221 e. The van der Waals surface area contributed by atoms with Gasteiger partial charge in [0.05, 0.1) is 12.3 Å². The van der Waals surface area contributed by atoms with Gasteiger partial charge in [-0.3, -0.25) is 4.79 Å². The van der Waals surface area contributed by atoms with Crippen LogP contribution in [-0.2, 0) is 4.79 Å². The van der Waals surface area contributed by atoms with E-state index in [0.717, 1.165) is 11.1 Å². The van der Waals surface area contributed by atoms with E-state index in [4.69, 9.17) is 9.84 Å². The van der Waals surface area contributed by atoms with Gasteiger partial charge >= 0.3 is 0 Å². The molecule has 0 fully saturated rings. The largest absolute Gasteiger partial charge is 0.488 e. The molecule has 1 aromatic carbocycles. The number of anilines is 1. The maximum atomic E-state index is 11.2. The van der Waals surface area contributed by atoms with E-state index < -0.39 is 12.2 Å². The number of aryl methyl sites for hydroxylation is 2. The third kappa shape index (κ3) is 4.54. The molecule has 0 bridgehead atoms. The molecule has 1 unspecified atom stereocenters. The smallest absolute Gasteiger partial charge is 0.221 e. The van der Waals surface area contributed by atoms with Crippen LogP contribution >= 0.6 is 0 Å². The molecule has 0 saturated heterocycles. The zero-order chi connectivity index (χ0) is 14.6. The van der Waals surface area contributed by atoms with Crippen molar-refractivity contribution in [3.05, 3.63) is 23.3 Å². The number of nitrogens with one attached hydrogen (secondary N) is 1. The lowest BCUT2D eigenvalue weighted by atomic mass is 10.1. The Kier molecular flexibility index (Phi) is 4.91. The van der Waals surface area contributed by atoms with Crippen molar-refractivity contribution in [2.45, 2.75) is 33.3 Å². The normalized spacial score (nSPS) is 13.8. The standard InChI is InChI=1S/C14H21NO4/c1-9-5-12(15-11(3)17)13(6-10(9)2)19-8-14(4,18)7-16/h5-6,16,18H,7-8H2,1-4H3,(H,15,17). The van der Waals surface area contributed by atoms with Crippen molar-refractivity contribution in [2.75, 3.05) is 18.5 Å². The minimum atomic E-state index is -1.31. The van der Waals surface area contributed by atoms with Crippen LogP contribution in [0.1, 0.15) is 25.0 Å². The van der Waals surface area contributed by atoms with E-state index in [9.17, 15) is 9.90 Å². The summed E-state index contributed by atoms with van der Waals surface area (Å²) in [5, 5.41) is 21.4. The molecular weight excluding hydrogens is 246 g/mol. The fourth-order valence-corrected chi connectivity index (χ4v) is 1.48. The number of amides is 1. The monoisotopic (exact) mass is 267 g/mol. The number of aliphatic hydroxyl groups is 2.